The second kappa shape index (κ2) is 7.05. The van der Waals surface area contributed by atoms with Gasteiger partial charge in [0.1, 0.15) is 0 Å². The van der Waals surface area contributed by atoms with Gasteiger partial charge in [-0.15, -0.1) is 0 Å². The lowest BCUT2D eigenvalue weighted by molar-refractivity contribution is -0.129. The molecular formula is C18H19N3O2. The largest absolute Gasteiger partial charge is 0.347 e. The Bertz CT molecular complexity index is 673. The fourth-order valence-electron chi connectivity index (χ4n) is 2.76. The molecule has 0 bridgehead atoms. The molecule has 1 saturated heterocycles. The van der Waals surface area contributed by atoms with Crippen LogP contribution in [0.3, 0.4) is 0 Å². The first kappa shape index (κ1) is 15.2. The van der Waals surface area contributed by atoms with Gasteiger partial charge in [-0.25, -0.2) is 0 Å². The average molecular weight is 309 g/mol. The second-order valence-electron chi connectivity index (χ2n) is 5.70. The summed E-state index contributed by atoms with van der Waals surface area (Å²) in [7, 11) is 0. The number of hydrogen-bond donors (Lipinski definition) is 1. The molecule has 1 aliphatic heterocycles. The molecular weight excluding hydrogens is 290 g/mol. The maximum absolute atomic E-state index is 12.3. The van der Waals surface area contributed by atoms with E-state index in [1.54, 1.807) is 24.5 Å². The van der Waals surface area contributed by atoms with Gasteiger partial charge >= 0.3 is 0 Å². The Morgan fingerprint density at radius 3 is 2.61 bits per heavy atom. The summed E-state index contributed by atoms with van der Waals surface area (Å²) in [5.74, 6) is -0.00776. The van der Waals surface area contributed by atoms with E-state index < -0.39 is 0 Å². The molecule has 1 aromatic carbocycles. The number of nitrogens with one attached hydrogen (secondary N) is 1. The summed E-state index contributed by atoms with van der Waals surface area (Å²) in [4.78, 5) is 30.2. The summed E-state index contributed by atoms with van der Waals surface area (Å²) >= 11 is 0. The van der Waals surface area contributed by atoms with E-state index in [4.69, 9.17) is 0 Å². The number of rotatable bonds is 4. The van der Waals surface area contributed by atoms with Gasteiger partial charge in [0.15, 0.2) is 0 Å². The van der Waals surface area contributed by atoms with Crippen LogP contribution in [0.25, 0.3) is 0 Å². The highest BCUT2D eigenvalue weighted by Gasteiger charge is 2.27. The fraction of sp³-hybridized carbons (Fsp3) is 0.278. The van der Waals surface area contributed by atoms with Crippen molar-refractivity contribution >= 4 is 11.8 Å². The SMILES string of the molecule is O=C(NC1CCN(C(=O)Cc2ccccc2)C1)c1ccncc1. The Kier molecular flexibility index (Phi) is 4.66. The van der Waals surface area contributed by atoms with Crippen molar-refractivity contribution < 1.29 is 9.59 Å². The van der Waals surface area contributed by atoms with Crippen LogP contribution in [0.2, 0.25) is 0 Å². The minimum absolute atomic E-state index is 0.00962. The van der Waals surface area contributed by atoms with Crippen LogP contribution in [0.4, 0.5) is 0 Å². The van der Waals surface area contributed by atoms with E-state index in [1.807, 2.05) is 35.2 Å². The first-order valence-corrected chi connectivity index (χ1v) is 7.75. The number of pyridine rings is 1. The Labute approximate surface area is 135 Å². The van der Waals surface area contributed by atoms with E-state index in [-0.39, 0.29) is 17.9 Å². The van der Waals surface area contributed by atoms with Gasteiger partial charge in [0.25, 0.3) is 5.91 Å². The van der Waals surface area contributed by atoms with Gasteiger partial charge in [-0.2, -0.15) is 0 Å². The number of carbonyl (C=O) groups excluding carboxylic acids is 2. The van der Waals surface area contributed by atoms with Crippen LogP contribution in [0.5, 0.6) is 0 Å². The number of likely N-dealkylation sites (tertiary alicyclic amines) is 1. The average Bonchev–Trinajstić information content (AvgIpc) is 3.05. The van der Waals surface area contributed by atoms with Crippen LogP contribution in [0.1, 0.15) is 22.3 Å². The number of benzene rings is 1. The van der Waals surface area contributed by atoms with Crippen LogP contribution >= 0.6 is 0 Å². The molecule has 1 unspecified atom stereocenters. The third kappa shape index (κ3) is 3.94. The number of aromatic nitrogens is 1. The van der Waals surface area contributed by atoms with E-state index in [9.17, 15) is 9.59 Å². The van der Waals surface area contributed by atoms with Crippen molar-refractivity contribution in [3.05, 3.63) is 66.0 Å². The molecule has 1 aliphatic rings. The predicted molar refractivity (Wildman–Crippen MR) is 86.8 cm³/mol. The molecule has 118 valence electrons. The molecule has 2 heterocycles. The predicted octanol–water partition coefficient (Wildman–Crippen LogP) is 1.65. The molecule has 3 rings (SSSR count). The van der Waals surface area contributed by atoms with Gasteiger partial charge in [-0.3, -0.25) is 14.6 Å². The summed E-state index contributed by atoms with van der Waals surface area (Å²) in [6.07, 6.45) is 4.39. The molecule has 1 atom stereocenters. The summed E-state index contributed by atoms with van der Waals surface area (Å²) in [5, 5.41) is 2.98. The Hall–Kier alpha value is -2.69. The monoisotopic (exact) mass is 309 g/mol. The molecule has 2 aromatic rings. The van der Waals surface area contributed by atoms with Gasteiger partial charge < -0.3 is 10.2 Å². The van der Waals surface area contributed by atoms with Crippen molar-refractivity contribution in [1.82, 2.24) is 15.2 Å². The Morgan fingerprint density at radius 1 is 1.13 bits per heavy atom. The third-order valence-electron chi connectivity index (χ3n) is 4.02. The molecule has 1 fully saturated rings. The van der Waals surface area contributed by atoms with Crippen molar-refractivity contribution in [3.63, 3.8) is 0 Å². The molecule has 0 aliphatic carbocycles. The first-order valence-electron chi connectivity index (χ1n) is 7.75. The zero-order valence-electron chi connectivity index (χ0n) is 12.8. The Morgan fingerprint density at radius 2 is 1.87 bits per heavy atom. The molecule has 1 aromatic heterocycles. The van der Waals surface area contributed by atoms with E-state index in [0.29, 0.717) is 25.1 Å². The fourth-order valence-corrected chi connectivity index (χ4v) is 2.76. The van der Waals surface area contributed by atoms with Gasteiger partial charge in [-0.05, 0) is 24.1 Å². The number of hydrogen-bond acceptors (Lipinski definition) is 3. The minimum Gasteiger partial charge on any atom is -0.347 e. The highest BCUT2D eigenvalue weighted by atomic mass is 16.2. The smallest absolute Gasteiger partial charge is 0.251 e. The third-order valence-corrected chi connectivity index (χ3v) is 4.02. The van der Waals surface area contributed by atoms with Crippen LogP contribution in [-0.4, -0.2) is 40.8 Å². The van der Waals surface area contributed by atoms with E-state index in [0.717, 1.165) is 12.0 Å². The normalized spacial score (nSPS) is 17.0. The zero-order chi connectivity index (χ0) is 16.1. The van der Waals surface area contributed by atoms with Crippen molar-refractivity contribution in [3.8, 4) is 0 Å². The summed E-state index contributed by atoms with van der Waals surface area (Å²) in [6, 6.07) is 13.1. The van der Waals surface area contributed by atoms with Gasteiger partial charge in [0.2, 0.25) is 5.91 Å². The van der Waals surface area contributed by atoms with Crippen LogP contribution < -0.4 is 5.32 Å². The lowest BCUT2D eigenvalue weighted by Gasteiger charge is -2.17. The zero-order valence-corrected chi connectivity index (χ0v) is 12.8. The van der Waals surface area contributed by atoms with Crippen LogP contribution in [0, 0.1) is 0 Å². The van der Waals surface area contributed by atoms with Crippen molar-refractivity contribution in [2.24, 2.45) is 0 Å². The second-order valence-corrected chi connectivity index (χ2v) is 5.70. The van der Waals surface area contributed by atoms with E-state index in [1.165, 1.54) is 0 Å². The standard InChI is InChI=1S/C18H19N3O2/c22-17(12-14-4-2-1-3-5-14)21-11-8-16(13-21)20-18(23)15-6-9-19-10-7-15/h1-7,9-10,16H,8,11-13H2,(H,20,23). The Balaban J connectivity index is 1.52. The molecule has 5 heteroatoms. The number of nitrogens with zero attached hydrogens (tertiary/aromatic N) is 2. The highest BCUT2D eigenvalue weighted by molar-refractivity contribution is 5.94. The van der Waals surface area contributed by atoms with Gasteiger partial charge in [0.05, 0.1) is 6.42 Å². The maximum Gasteiger partial charge on any atom is 0.251 e. The molecule has 1 N–H and O–H groups in total. The quantitative estimate of drug-likeness (QED) is 0.934. The van der Waals surface area contributed by atoms with Crippen LogP contribution in [-0.2, 0) is 11.2 Å². The summed E-state index contributed by atoms with van der Waals surface area (Å²) in [5.41, 5.74) is 1.61. The van der Waals surface area contributed by atoms with Crippen LogP contribution in [0.15, 0.2) is 54.9 Å². The van der Waals surface area contributed by atoms with Gasteiger partial charge in [0, 0.05) is 37.1 Å². The van der Waals surface area contributed by atoms with E-state index in [2.05, 4.69) is 10.3 Å². The van der Waals surface area contributed by atoms with Crippen molar-refractivity contribution in [2.45, 2.75) is 18.9 Å². The molecule has 2 amide bonds. The van der Waals surface area contributed by atoms with Crippen molar-refractivity contribution in [2.75, 3.05) is 13.1 Å². The highest BCUT2D eigenvalue weighted by Crippen LogP contribution is 2.12. The van der Waals surface area contributed by atoms with Crippen molar-refractivity contribution in [1.29, 1.82) is 0 Å². The first-order chi connectivity index (χ1) is 11.2. The maximum atomic E-state index is 12.3. The molecule has 0 spiro atoms. The van der Waals surface area contributed by atoms with E-state index >= 15 is 0 Å². The molecule has 23 heavy (non-hydrogen) atoms. The lowest BCUT2D eigenvalue weighted by Crippen LogP contribution is -2.38. The molecule has 0 radical (unpaired) electrons. The molecule has 0 saturated carbocycles. The molecule has 5 nitrogen and oxygen atoms in total. The number of carbonyl (C=O) groups is 2. The minimum atomic E-state index is -0.116. The van der Waals surface area contributed by atoms with Gasteiger partial charge in [-0.1, -0.05) is 30.3 Å². The topological polar surface area (TPSA) is 62.3 Å². The summed E-state index contributed by atoms with van der Waals surface area (Å²) in [6.45, 7) is 1.26. The summed E-state index contributed by atoms with van der Waals surface area (Å²) < 4.78 is 0. The number of amides is 2. The lowest BCUT2D eigenvalue weighted by atomic mass is 10.1.